The molecule has 5 heteroatoms. The van der Waals surface area contributed by atoms with Crippen LogP contribution in [-0.4, -0.2) is 56.7 Å². The molecule has 5 nitrogen and oxygen atoms in total. The zero-order valence-corrected chi connectivity index (χ0v) is 13.1. The molecule has 0 spiro atoms. The summed E-state index contributed by atoms with van der Waals surface area (Å²) in [7, 11) is 1.82. The number of benzene rings is 1. The minimum Gasteiger partial charge on any atom is -0.387 e. The lowest BCUT2D eigenvalue weighted by Crippen LogP contribution is -2.47. The molecule has 1 fully saturated rings. The van der Waals surface area contributed by atoms with Crippen molar-refractivity contribution in [3.63, 3.8) is 0 Å². The Kier molecular flexibility index (Phi) is 5.59. The number of anilines is 1. The highest BCUT2D eigenvalue weighted by Crippen LogP contribution is 2.16. The number of likely N-dealkylation sites (N-methyl/N-ethyl adjacent to an activating group) is 1. The number of carbonyl (C=O) groups is 1. The van der Waals surface area contributed by atoms with E-state index in [0.717, 1.165) is 37.5 Å². The van der Waals surface area contributed by atoms with E-state index >= 15 is 0 Å². The molecular weight excluding hydrogens is 266 g/mol. The molecule has 0 aromatic heterocycles. The first-order valence-corrected chi connectivity index (χ1v) is 7.54. The molecule has 1 saturated heterocycles. The molecule has 2 N–H and O–H groups in total. The average Bonchev–Trinajstić information content (AvgIpc) is 2.52. The Bertz CT molecular complexity index is 490. The van der Waals surface area contributed by atoms with Crippen LogP contribution in [0.5, 0.6) is 0 Å². The number of morpholine rings is 1. The van der Waals surface area contributed by atoms with Gasteiger partial charge in [-0.2, -0.15) is 0 Å². The van der Waals surface area contributed by atoms with Gasteiger partial charge in [-0.3, -0.25) is 9.69 Å². The molecule has 1 aliphatic rings. The maximum absolute atomic E-state index is 12.4. The van der Waals surface area contributed by atoms with Gasteiger partial charge in [-0.25, -0.2) is 0 Å². The van der Waals surface area contributed by atoms with Gasteiger partial charge in [-0.15, -0.1) is 0 Å². The molecule has 1 aromatic rings. The van der Waals surface area contributed by atoms with Gasteiger partial charge in [0.2, 0.25) is 0 Å². The monoisotopic (exact) mass is 291 g/mol. The largest absolute Gasteiger partial charge is 0.387 e. The maximum atomic E-state index is 12.4. The second-order valence-electron chi connectivity index (χ2n) is 5.40. The summed E-state index contributed by atoms with van der Waals surface area (Å²) in [6.07, 6.45) is 0.0745. The third-order valence-electron chi connectivity index (χ3n) is 3.85. The van der Waals surface area contributed by atoms with E-state index in [0.29, 0.717) is 12.1 Å². The first-order chi connectivity index (χ1) is 10.1. The lowest BCUT2D eigenvalue weighted by Gasteiger charge is -2.32. The number of aryl methyl sites for hydroxylation is 1. The smallest absolute Gasteiger partial charge is 0.253 e. The molecule has 1 unspecified atom stereocenters. The summed E-state index contributed by atoms with van der Waals surface area (Å²) in [6.45, 7) is 8.29. The molecule has 0 bridgehead atoms. The fourth-order valence-electron chi connectivity index (χ4n) is 2.56. The van der Waals surface area contributed by atoms with Crippen LogP contribution in [0.15, 0.2) is 18.2 Å². The van der Waals surface area contributed by atoms with Crippen LogP contribution in [0.4, 0.5) is 5.69 Å². The Morgan fingerprint density at radius 2 is 2.29 bits per heavy atom. The van der Waals surface area contributed by atoms with Crippen molar-refractivity contribution in [2.24, 2.45) is 0 Å². The van der Waals surface area contributed by atoms with E-state index in [-0.39, 0.29) is 12.0 Å². The molecule has 1 atom stereocenters. The number of ether oxygens (including phenoxy) is 1. The number of nitrogens with zero attached hydrogens (tertiary/aromatic N) is 1. The molecule has 0 radical (unpaired) electrons. The van der Waals surface area contributed by atoms with Crippen molar-refractivity contribution < 1.29 is 9.53 Å². The Labute approximate surface area is 126 Å². The summed E-state index contributed by atoms with van der Waals surface area (Å²) in [5, 5.41) is 6.04. The Morgan fingerprint density at radius 1 is 1.48 bits per heavy atom. The predicted octanol–water partition coefficient (Wildman–Crippen LogP) is 1.49. The molecular formula is C16H25N3O2. The second kappa shape index (κ2) is 7.43. The number of hydrogen-bond donors (Lipinski definition) is 2. The molecule has 0 aliphatic carbocycles. The van der Waals surface area contributed by atoms with Crippen molar-refractivity contribution in [2.75, 3.05) is 45.2 Å². The Balaban J connectivity index is 1.94. The van der Waals surface area contributed by atoms with Gasteiger partial charge in [-0.05, 0) is 25.6 Å². The van der Waals surface area contributed by atoms with Crippen molar-refractivity contribution in [1.29, 1.82) is 0 Å². The Hall–Kier alpha value is -1.59. The summed E-state index contributed by atoms with van der Waals surface area (Å²) < 4.78 is 5.70. The maximum Gasteiger partial charge on any atom is 0.253 e. The van der Waals surface area contributed by atoms with E-state index in [1.165, 1.54) is 0 Å². The van der Waals surface area contributed by atoms with Gasteiger partial charge in [0.15, 0.2) is 0 Å². The fourth-order valence-corrected chi connectivity index (χ4v) is 2.56. The van der Waals surface area contributed by atoms with Crippen molar-refractivity contribution in [3.8, 4) is 0 Å². The molecule has 0 saturated carbocycles. The van der Waals surface area contributed by atoms with Crippen LogP contribution < -0.4 is 10.6 Å². The molecule has 1 aliphatic heterocycles. The summed E-state index contributed by atoms with van der Waals surface area (Å²) in [5.41, 5.74) is 2.60. The van der Waals surface area contributed by atoms with Crippen molar-refractivity contribution in [3.05, 3.63) is 29.3 Å². The van der Waals surface area contributed by atoms with Crippen molar-refractivity contribution >= 4 is 11.6 Å². The quantitative estimate of drug-likeness (QED) is 0.863. The van der Waals surface area contributed by atoms with Gasteiger partial charge in [0, 0.05) is 32.4 Å². The molecule has 21 heavy (non-hydrogen) atoms. The molecule has 2 rings (SSSR count). The Morgan fingerprint density at radius 3 is 3.00 bits per heavy atom. The van der Waals surface area contributed by atoms with Gasteiger partial charge in [0.05, 0.1) is 18.3 Å². The highest BCUT2D eigenvalue weighted by atomic mass is 16.5. The molecule has 116 valence electrons. The van der Waals surface area contributed by atoms with Crippen molar-refractivity contribution in [2.45, 2.75) is 20.0 Å². The number of amides is 1. The predicted molar refractivity (Wildman–Crippen MR) is 84.9 cm³/mol. The highest BCUT2D eigenvalue weighted by molar-refractivity contribution is 5.99. The third-order valence-corrected chi connectivity index (χ3v) is 3.85. The first kappa shape index (κ1) is 15.8. The molecule has 1 amide bonds. The average molecular weight is 291 g/mol. The SMILES string of the molecule is CCN1CCOC(CNC(=O)c2cc(C)ccc2NC)C1. The van der Waals surface area contributed by atoms with Gasteiger partial charge in [0.25, 0.3) is 5.91 Å². The summed E-state index contributed by atoms with van der Waals surface area (Å²) >= 11 is 0. The normalized spacial score (nSPS) is 19.3. The summed E-state index contributed by atoms with van der Waals surface area (Å²) in [4.78, 5) is 14.7. The van der Waals surface area contributed by atoms with Crippen LogP contribution in [0.1, 0.15) is 22.8 Å². The van der Waals surface area contributed by atoms with E-state index in [1.54, 1.807) is 0 Å². The second-order valence-corrected chi connectivity index (χ2v) is 5.40. The van der Waals surface area contributed by atoms with E-state index in [9.17, 15) is 4.79 Å². The molecule has 1 heterocycles. The van der Waals surface area contributed by atoms with Crippen LogP contribution >= 0.6 is 0 Å². The van der Waals surface area contributed by atoms with Crippen LogP contribution in [0.3, 0.4) is 0 Å². The standard InChI is InChI=1S/C16H25N3O2/c1-4-19-7-8-21-13(11-19)10-18-16(20)14-9-12(2)5-6-15(14)17-3/h5-6,9,13,17H,4,7-8,10-11H2,1-3H3,(H,18,20). The lowest BCUT2D eigenvalue weighted by molar-refractivity contribution is -0.0246. The number of nitrogens with one attached hydrogen (secondary N) is 2. The van der Waals surface area contributed by atoms with Gasteiger partial charge in [0.1, 0.15) is 0 Å². The van der Waals surface area contributed by atoms with Gasteiger partial charge in [-0.1, -0.05) is 18.6 Å². The topological polar surface area (TPSA) is 53.6 Å². The highest BCUT2D eigenvalue weighted by Gasteiger charge is 2.20. The van der Waals surface area contributed by atoms with E-state index in [2.05, 4.69) is 22.5 Å². The first-order valence-electron chi connectivity index (χ1n) is 7.54. The number of carbonyl (C=O) groups excluding carboxylic acids is 1. The minimum absolute atomic E-state index is 0.0553. The third kappa shape index (κ3) is 4.19. The van der Waals surface area contributed by atoms with Crippen molar-refractivity contribution in [1.82, 2.24) is 10.2 Å². The zero-order chi connectivity index (χ0) is 15.2. The number of rotatable bonds is 5. The lowest BCUT2D eigenvalue weighted by atomic mass is 10.1. The van der Waals surface area contributed by atoms with E-state index in [4.69, 9.17) is 4.74 Å². The van der Waals surface area contributed by atoms with Crippen LogP contribution in [0.25, 0.3) is 0 Å². The van der Waals surface area contributed by atoms with Crippen LogP contribution in [0.2, 0.25) is 0 Å². The van der Waals surface area contributed by atoms with Crippen LogP contribution in [0, 0.1) is 6.92 Å². The van der Waals surface area contributed by atoms with E-state index in [1.807, 2.05) is 32.2 Å². The van der Waals surface area contributed by atoms with Gasteiger partial charge >= 0.3 is 0 Å². The number of hydrogen-bond acceptors (Lipinski definition) is 4. The molecule has 1 aromatic carbocycles. The zero-order valence-electron chi connectivity index (χ0n) is 13.1. The summed E-state index contributed by atoms with van der Waals surface area (Å²) in [6, 6.07) is 5.83. The van der Waals surface area contributed by atoms with Gasteiger partial charge < -0.3 is 15.4 Å². The minimum atomic E-state index is -0.0553. The summed E-state index contributed by atoms with van der Waals surface area (Å²) in [5.74, 6) is -0.0553. The van der Waals surface area contributed by atoms with E-state index < -0.39 is 0 Å². The van der Waals surface area contributed by atoms with Crippen LogP contribution in [-0.2, 0) is 4.74 Å². The fraction of sp³-hybridized carbons (Fsp3) is 0.562.